The zero-order valence-corrected chi connectivity index (χ0v) is 20.7. The lowest BCUT2D eigenvalue weighted by molar-refractivity contribution is -0.120. The highest BCUT2D eigenvalue weighted by Gasteiger charge is 2.33. The molecule has 1 aliphatic rings. The van der Waals surface area contributed by atoms with Gasteiger partial charge in [0.15, 0.2) is 5.13 Å². The van der Waals surface area contributed by atoms with Crippen molar-refractivity contribution in [2.45, 2.75) is 37.5 Å². The molecule has 3 aromatic rings. The van der Waals surface area contributed by atoms with E-state index < -0.39 is 10.0 Å². The highest BCUT2D eigenvalue weighted by Crippen LogP contribution is 2.36. The number of nitriles is 1. The molecule has 1 amide bonds. The molecule has 1 N–H and O–H groups in total. The van der Waals surface area contributed by atoms with Crippen molar-refractivity contribution >= 4 is 32.4 Å². The summed E-state index contributed by atoms with van der Waals surface area (Å²) in [4.78, 5) is 18.8. The first-order valence-electron chi connectivity index (χ1n) is 11.2. The van der Waals surface area contributed by atoms with Crippen LogP contribution in [0.5, 0.6) is 0 Å². The predicted octanol–water partition coefficient (Wildman–Crippen LogP) is 4.84. The van der Waals surface area contributed by atoms with Gasteiger partial charge in [0.25, 0.3) is 0 Å². The van der Waals surface area contributed by atoms with Gasteiger partial charge in [-0.2, -0.15) is 9.57 Å². The largest absolute Gasteiger partial charge is 0.302 e. The van der Waals surface area contributed by atoms with Gasteiger partial charge in [-0.15, -0.1) is 11.3 Å². The van der Waals surface area contributed by atoms with Crippen LogP contribution in [0.3, 0.4) is 0 Å². The molecule has 0 atom stereocenters. The Hall–Kier alpha value is -3.06. The maximum atomic E-state index is 13.0. The van der Waals surface area contributed by atoms with E-state index in [1.165, 1.54) is 27.8 Å². The lowest BCUT2D eigenvalue weighted by Gasteiger charge is -2.30. The highest BCUT2D eigenvalue weighted by atomic mass is 32.2. The Morgan fingerprint density at radius 3 is 2.41 bits per heavy atom. The molecule has 1 fully saturated rings. The number of piperidine rings is 1. The molecule has 0 bridgehead atoms. The molecule has 2 aromatic carbocycles. The molecule has 0 spiro atoms. The van der Waals surface area contributed by atoms with Gasteiger partial charge in [-0.3, -0.25) is 4.79 Å². The van der Waals surface area contributed by atoms with Crippen molar-refractivity contribution in [1.82, 2.24) is 9.29 Å². The van der Waals surface area contributed by atoms with Gasteiger partial charge < -0.3 is 5.32 Å². The number of rotatable bonds is 6. The third-order valence-electron chi connectivity index (χ3n) is 5.91. The number of sulfonamides is 1. The van der Waals surface area contributed by atoms with E-state index in [1.807, 2.05) is 36.4 Å². The average molecular weight is 495 g/mol. The molecule has 1 aliphatic heterocycles. The zero-order chi connectivity index (χ0) is 24.3. The van der Waals surface area contributed by atoms with Gasteiger partial charge in [-0.05, 0) is 30.9 Å². The molecule has 1 saturated heterocycles. The number of carbonyl (C=O) groups excluding carboxylic acids is 1. The van der Waals surface area contributed by atoms with Crippen molar-refractivity contribution in [2.75, 3.05) is 18.4 Å². The normalized spacial score (nSPS) is 15.2. The van der Waals surface area contributed by atoms with Crippen molar-refractivity contribution in [2.24, 2.45) is 5.92 Å². The van der Waals surface area contributed by atoms with Crippen LogP contribution in [0.2, 0.25) is 0 Å². The fraction of sp³-hybridized carbons (Fsp3) is 0.320. The van der Waals surface area contributed by atoms with Crippen LogP contribution in [0.15, 0.2) is 59.5 Å². The van der Waals surface area contributed by atoms with Crippen LogP contribution in [0.25, 0.3) is 11.3 Å². The monoisotopic (exact) mass is 494 g/mol. The van der Waals surface area contributed by atoms with Gasteiger partial charge in [-0.25, -0.2) is 13.4 Å². The summed E-state index contributed by atoms with van der Waals surface area (Å²) in [7, 11) is -3.79. The minimum absolute atomic E-state index is 0.0119. The number of benzene rings is 2. The van der Waals surface area contributed by atoms with Gasteiger partial charge >= 0.3 is 0 Å². The standard InChI is InChI=1S/C25H26N4O3S2/c1-17(2)23-22(18-8-4-3-5-9-18)27-25(33-23)28-24(30)19-12-14-29(15-13-19)34(31,32)21-11-7-6-10-20(21)16-26/h3-11,17,19H,12-15H2,1-2H3,(H,27,28,30). The van der Waals surface area contributed by atoms with E-state index in [9.17, 15) is 18.5 Å². The van der Waals surface area contributed by atoms with Gasteiger partial charge in [-0.1, -0.05) is 56.3 Å². The van der Waals surface area contributed by atoms with Crippen molar-refractivity contribution in [3.63, 3.8) is 0 Å². The summed E-state index contributed by atoms with van der Waals surface area (Å²) in [5.74, 6) is -0.175. The quantitative estimate of drug-likeness (QED) is 0.528. The van der Waals surface area contributed by atoms with Crippen LogP contribution in [0.1, 0.15) is 43.0 Å². The van der Waals surface area contributed by atoms with E-state index in [4.69, 9.17) is 4.98 Å². The number of carbonyl (C=O) groups is 1. The molecule has 0 saturated carbocycles. The van der Waals surface area contributed by atoms with Gasteiger partial charge in [0, 0.05) is 29.4 Å². The molecule has 9 heteroatoms. The second-order valence-corrected chi connectivity index (χ2v) is 11.5. The number of hydrogen-bond acceptors (Lipinski definition) is 6. The Balaban J connectivity index is 1.44. The van der Waals surface area contributed by atoms with Crippen molar-refractivity contribution < 1.29 is 13.2 Å². The summed E-state index contributed by atoms with van der Waals surface area (Å²) in [5.41, 5.74) is 2.02. The van der Waals surface area contributed by atoms with Gasteiger partial charge in [0.1, 0.15) is 6.07 Å². The Morgan fingerprint density at radius 1 is 1.12 bits per heavy atom. The van der Waals surface area contributed by atoms with Crippen LogP contribution in [0.4, 0.5) is 5.13 Å². The maximum absolute atomic E-state index is 13.0. The lowest BCUT2D eigenvalue weighted by atomic mass is 9.97. The topological polar surface area (TPSA) is 103 Å². The van der Waals surface area contributed by atoms with E-state index in [2.05, 4.69) is 19.2 Å². The number of nitrogens with one attached hydrogen (secondary N) is 1. The molecule has 0 radical (unpaired) electrons. The number of nitrogens with zero attached hydrogens (tertiary/aromatic N) is 3. The number of aromatic nitrogens is 1. The summed E-state index contributed by atoms with van der Waals surface area (Å²) in [6.07, 6.45) is 0.821. The predicted molar refractivity (Wildman–Crippen MR) is 133 cm³/mol. The molecule has 4 rings (SSSR count). The molecular weight excluding hydrogens is 468 g/mol. The first-order valence-corrected chi connectivity index (χ1v) is 13.4. The van der Waals surface area contributed by atoms with Crippen LogP contribution in [-0.2, 0) is 14.8 Å². The minimum Gasteiger partial charge on any atom is -0.302 e. The first kappa shape index (κ1) is 24.1. The summed E-state index contributed by atoms with van der Waals surface area (Å²) in [5, 5.41) is 12.8. The van der Waals surface area contributed by atoms with Crippen LogP contribution < -0.4 is 5.32 Å². The van der Waals surface area contributed by atoms with E-state index in [0.29, 0.717) is 18.0 Å². The van der Waals surface area contributed by atoms with E-state index >= 15 is 0 Å². The molecule has 176 valence electrons. The third kappa shape index (κ3) is 4.89. The number of amides is 1. The van der Waals surface area contributed by atoms with Gasteiger partial charge in [0.05, 0.1) is 16.2 Å². The van der Waals surface area contributed by atoms with Crippen molar-refractivity contribution in [1.29, 1.82) is 5.26 Å². The molecule has 2 heterocycles. The molecule has 0 aliphatic carbocycles. The van der Waals surface area contributed by atoms with Crippen molar-refractivity contribution in [3.05, 3.63) is 65.0 Å². The Labute approximate surface area is 204 Å². The smallest absolute Gasteiger partial charge is 0.244 e. The SMILES string of the molecule is CC(C)c1sc(NC(=O)C2CCN(S(=O)(=O)c3ccccc3C#N)CC2)nc1-c1ccccc1. The van der Waals surface area contributed by atoms with E-state index in [1.54, 1.807) is 12.1 Å². The number of hydrogen-bond donors (Lipinski definition) is 1. The Bertz CT molecular complexity index is 1320. The number of anilines is 1. The fourth-order valence-electron chi connectivity index (χ4n) is 4.07. The lowest BCUT2D eigenvalue weighted by Crippen LogP contribution is -2.41. The highest BCUT2D eigenvalue weighted by molar-refractivity contribution is 7.89. The Kier molecular flexibility index (Phi) is 7.12. The third-order valence-corrected chi connectivity index (χ3v) is 9.13. The van der Waals surface area contributed by atoms with Crippen LogP contribution in [-0.4, -0.2) is 36.7 Å². The minimum atomic E-state index is -3.79. The van der Waals surface area contributed by atoms with Crippen LogP contribution >= 0.6 is 11.3 Å². The van der Waals surface area contributed by atoms with Gasteiger partial charge in [0.2, 0.25) is 15.9 Å². The Morgan fingerprint density at radius 2 is 1.76 bits per heavy atom. The maximum Gasteiger partial charge on any atom is 0.244 e. The first-order chi connectivity index (χ1) is 16.3. The molecular formula is C25H26N4O3S2. The summed E-state index contributed by atoms with van der Waals surface area (Å²) < 4.78 is 27.4. The summed E-state index contributed by atoms with van der Waals surface area (Å²) >= 11 is 1.48. The summed E-state index contributed by atoms with van der Waals surface area (Å²) in [6, 6.07) is 18.0. The van der Waals surface area contributed by atoms with E-state index in [0.717, 1.165) is 16.1 Å². The van der Waals surface area contributed by atoms with Crippen LogP contribution in [0, 0.1) is 17.2 Å². The second-order valence-electron chi connectivity index (χ2n) is 8.53. The molecule has 0 unspecified atom stereocenters. The molecule has 1 aromatic heterocycles. The number of thiazole rings is 1. The fourth-order valence-corrected chi connectivity index (χ4v) is 6.67. The average Bonchev–Trinajstić information content (AvgIpc) is 3.28. The summed E-state index contributed by atoms with van der Waals surface area (Å²) in [6.45, 7) is 4.66. The molecule has 34 heavy (non-hydrogen) atoms. The second kappa shape index (κ2) is 10.1. The van der Waals surface area contributed by atoms with E-state index in [-0.39, 0.29) is 41.3 Å². The van der Waals surface area contributed by atoms with Crippen molar-refractivity contribution in [3.8, 4) is 17.3 Å². The zero-order valence-electron chi connectivity index (χ0n) is 19.1. The molecule has 7 nitrogen and oxygen atoms in total.